The van der Waals surface area contributed by atoms with E-state index >= 15 is 0 Å². The molecule has 0 rings (SSSR count). The molecule has 0 aromatic heterocycles. The highest BCUT2D eigenvalue weighted by Gasteiger charge is 2.28. The van der Waals surface area contributed by atoms with Crippen LogP contribution in [0.1, 0.15) is 26.2 Å². The third-order valence-electron chi connectivity index (χ3n) is 2.75. The van der Waals surface area contributed by atoms with Gasteiger partial charge in [-0.3, -0.25) is 19.2 Å². The van der Waals surface area contributed by atoms with Crippen molar-refractivity contribution in [2.75, 3.05) is 0 Å². The molecule has 0 bridgehead atoms. The maximum Gasteiger partial charge on any atom is 0.326 e. The van der Waals surface area contributed by atoms with Crippen molar-refractivity contribution in [3.8, 4) is 0 Å². The Morgan fingerprint density at radius 3 is 1.87 bits per heavy atom. The van der Waals surface area contributed by atoms with Gasteiger partial charge in [0.2, 0.25) is 23.6 Å². The Balaban J connectivity index is 4.96. The summed E-state index contributed by atoms with van der Waals surface area (Å²) in [4.78, 5) is 56.3. The molecule has 4 amide bonds. The van der Waals surface area contributed by atoms with Crippen LogP contribution < -0.4 is 27.8 Å². The van der Waals surface area contributed by atoms with Gasteiger partial charge in [0.1, 0.15) is 12.1 Å². The van der Waals surface area contributed by atoms with Gasteiger partial charge in [-0.15, -0.1) is 0 Å². The first-order valence-corrected chi connectivity index (χ1v) is 6.70. The summed E-state index contributed by atoms with van der Waals surface area (Å²) in [6.45, 7) is 1.36. The number of hydrogen-bond donors (Lipinski definition) is 6. The summed E-state index contributed by atoms with van der Waals surface area (Å²) in [5, 5.41) is 13.3. The van der Waals surface area contributed by atoms with Crippen LogP contribution in [-0.4, -0.2) is 52.8 Å². The Bertz CT molecular complexity index is 492. The number of primary amides is 2. The second kappa shape index (κ2) is 9.35. The second-order valence-corrected chi connectivity index (χ2v) is 4.92. The summed E-state index contributed by atoms with van der Waals surface area (Å²) < 4.78 is 0. The summed E-state index contributed by atoms with van der Waals surface area (Å²) in [6.07, 6.45) is -1.03. The van der Waals surface area contributed by atoms with E-state index in [2.05, 4.69) is 10.6 Å². The zero-order chi connectivity index (χ0) is 18.2. The van der Waals surface area contributed by atoms with Gasteiger partial charge < -0.3 is 32.9 Å². The molecule has 0 aromatic rings. The first-order valence-electron chi connectivity index (χ1n) is 6.70. The van der Waals surface area contributed by atoms with Crippen molar-refractivity contribution in [3.05, 3.63) is 0 Å². The minimum absolute atomic E-state index is 0.235. The Labute approximate surface area is 131 Å². The molecule has 0 aliphatic rings. The van der Waals surface area contributed by atoms with Gasteiger partial charge in [0.05, 0.1) is 12.5 Å². The van der Waals surface area contributed by atoms with Crippen LogP contribution in [-0.2, 0) is 24.0 Å². The van der Waals surface area contributed by atoms with Gasteiger partial charge in [-0.2, -0.15) is 0 Å². The smallest absolute Gasteiger partial charge is 0.326 e. The van der Waals surface area contributed by atoms with E-state index in [0.29, 0.717) is 0 Å². The van der Waals surface area contributed by atoms with E-state index in [9.17, 15) is 24.0 Å². The monoisotopic (exact) mass is 331 g/mol. The Kier molecular flexibility index (Phi) is 8.26. The van der Waals surface area contributed by atoms with Gasteiger partial charge in [0.15, 0.2) is 0 Å². The van der Waals surface area contributed by atoms with Crippen molar-refractivity contribution >= 4 is 29.6 Å². The normalized spacial score (nSPS) is 14.2. The predicted octanol–water partition coefficient (Wildman–Crippen LogP) is -3.47. The first kappa shape index (κ1) is 20.3. The number of carboxylic acid groups (broad SMARTS) is 1. The van der Waals surface area contributed by atoms with Gasteiger partial charge in [-0.05, 0) is 13.3 Å². The number of carbonyl (C=O) groups is 5. The summed E-state index contributed by atoms with van der Waals surface area (Å²) in [7, 11) is 0. The molecular formula is C12H21N5O6. The topological polar surface area (TPSA) is 208 Å². The molecule has 11 heteroatoms. The van der Waals surface area contributed by atoms with Crippen LogP contribution >= 0.6 is 0 Å². The molecule has 0 unspecified atom stereocenters. The van der Waals surface area contributed by atoms with Gasteiger partial charge >= 0.3 is 5.97 Å². The first-order chi connectivity index (χ1) is 10.5. The lowest BCUT2D eigenvalue weighted by Gasteiger charge is -2.21. The molecule has 0 aliphatic heterocycles. The van der Waals surface area contributed by atoms with Crippen molar-refractivity contribution in [1.29, 1.82) is 0 Å². The van der Waals surface area contributed by atoms with E-state index in [1.54, 1.807) is 0 Å². The molecule has 3 atom stereocenters. The molecule has 0 heterocycles. The predicted molar refractivity (Wildman–Crippen MR) is 77.4 cm³/mol. The minimum atomic E-state index is -1.41. The average Bonchev–Trinajstić information content (AvgIpc) is 2.40. The summed E-state index contributed by atoms with van der Waals surface area (Å²) in [5.74, 6) is -4.65. The van der Waals surface area contributed by atoms with Crippen LogP contribution in [0.25, 0.3) is 0 Å². The molecule has 0 aliphatic carbocycles. The highest BCUT2D eigenvalue weighted by atomic mass is 16.4. The maximum atomic E-state index is 12.0. The zero-order valence-corrected chi connectivity index (χ0v) is 12.6. The molecule has 9 N–H and O–H groups in total. The number of carboxylic acids is 1. The number of nitrogens with one attached hydrogen (secondary N) is 2. The van der Waals surface area contributed by atoms with E-state index in [-0.39, 0.29) is 12.8 Å². The molecule has 0 saturated carbocycles. The minimum Gasteiger partial charge on any atom is -0.480 e. The summed E-state index contributed by atoms with van der Waals surface area (Å²) >= 11 is 0. The molecule has 11 nitrogen and oxygen atoms in total. The lowest BCUT2D eigenvalue weighted by Crippen LogP contribution is -2.55. The fraction of sp³-hybridized carbons (Fsp3) is 0.583. The highest BCUT2D eigenvalue weighted by molar-refractivity contribution is 5.94. The third kappa shape index (κ3) is 8.36. The fourth-order valence-electron chi connectivity index (χ4n) is 1.53. The van der Waals surface area contributed by atoms with Crippen molar-refractivity contribution < 1.29 is 29.1 Å². The SMILES string of the molecule is C[C@H](N)C(=O)N[C@@H](CC(N)=O)C(=O)N[C@@H](CCC(N)=O)C(=O)O. The van der Waals surface area contributed by atoms with E-state index in [1.165, 1.54) is 6.92 Å². The van der Waals surface area contributed by atoms with Crippen LogP contribution in [0.3, 0.4) is 0 Å². The van der Waals surface area contributed by atoms with Gasteiger partial charge in [-0.1, -0.05) is 0 Å². The Hall–Kier alpha value is -2.69. The number of aliphatic carboxylic acids is 1. The molecule has 0 radical (unpaired) electrons. The second-order valence-electron chi connectivity index (χ2n) is 4.92. The standard InChI is InChI=1S/C12H21N5O6/c1-5(13)10(20)17-7(4-9(15)19)11(21)16-6(12(22)23)2-3-8(14)18/h5-7H,2-4,13H2,1H3,(H2,14,18)(H2,15,19)(H,16,21)(H,17,20)(H,22,23)/t5-,6-,7-/m0/s1. The van der Waals surface area contributed by atoms with E-state index in [0.717, 1.165) is 0 Å². The zero-order valence-electron chi connectivity index (χ0n) is 12.6. The molecular weight excluding hydrogens is 310 g/mol. The van der Waals surface area contributed by atoms with Crippen LogP contribution in [0, 0.1) is 0 Å². The fourth-order valence-corrected chi connectivity index (χ4v) is 1.53. The largest absolute Gasteiger partial charge is 0.480 e. The molecule has 0 saturated heterocycles. The number of nitrogens with two attached hydrogens (primary N) is 3. The van der Waals surface area contributed by atoms with Crippen molar-refractivity contribution in [2.24, 2.45) is 17.2 Å². The molecule has 23 heavy (non-hydrogen) atoms. The van der Waals surface area contributed by atoms with Gasteiger partial charge in [-0.25, -0.2) is 4.79 Å². The van der Waals surface area contributed by atoms with Crippen molar-refractivity contribution in [3.63, 3.8) is 0 Å². The van der Waals surface area contributed by atoms with Crippen LogP contribution in [0.4, 0.5) is 0 Å². The number of amides is 4. The number of carbonyl (C=O) groups excluding carboxylic acids is 4. The van der Waals surface area contributed by atoms with E-state index in [1.807, 2.05) is 0 Å². The van der Waals surface area contributed by atoms with Crippen molar-refractivity contribution in [1.82, 2.24) is 10.6 Å². The van der Waals surface area contributed by atoms with Crippen LogP contribution in [0.5, 0.6) is 0 Å². The Morgan fingerprint density at radius 1 is 0.957 bits per heavy atom. The van der Waals surface area contributed by atoms with Gasteiger partial charge in [0.25, 0.3) is 0 Å². The number of rotatable bonds is 10. The lowest BCUT2D eigenvalue weighted by molar-refractivity contribution is -0.142. The quantitative estimate of drug-likeness (QED) is 0.238. The Morgan fingerprint density at radius 2 is 1.48 bits per heavy atom. The van der Waals surface area contributed by atoms with E-state index in [4.69, 9.17) is 22.3 Å². The van der Waals surface area contributed by atoms with Crippen molar-refractivity contribution in [2.45, 2.75) is 44.3 Å². The molecule has 130 valence electrons. The summed E-state index contributed by atoms with van der Waals surface area (Å²) in [6, 6.07) is -3.72. The maximum absolute atomic E-state index is 12.0. The third-order valence-corrected chi connectivity index (χ3v) is 2.75. The van der Waals surface area contributed by atoms with E-state index < -0.39 is 54.1 Å². The van der Waals surface area contributed by atoms with Gasteiger partial charge in [0, 0.05) is 6.42 Å². The lowest BCUT2D eigenvalue weighted by atomic mass is 10.1. The number of hydrogen-bond acceptors (Lipinski definition) is 6. The average molecular weight is 331 g/mol. The highest BCUT2D eigenvalue weighted by Crippen LogP contribution is 2.00. The van der Waals surface area contributed by atoms with Crippen LogP contribution in [0.15, 0.2) is 0 Å². The van der Waals surface area contributed by atoms with Crippen LogP contribution in [0.2, 0.25) is 0 Å². The molecule has 0 spiro atoms. The summed E-state index contributed by atoms with van der Waals surface area (Å²) in [5.41, 5.74) is 15.3. The molecule has 0 fully saturated rings. The molecule has 0 aromatic carbocycles.